The molecule has 3 heterocycles. The maximum absolute atomic E-state index is 14.2. The molecule has 3 N–H and O–H groups in total. The summed E-state index contributed by atoms with van der Waals surface area (Å²) in [4.78, 5) is 79.3. The molecule has 1 aliphatic heterocycles. The highest BCUT2D eigenvalue weighted by molar-refractivity contribution is 5.98. The molecule has 0 spiro atoms. The highest BCUT2D eigenvalue weighted by Gasteiger charge is 2.44. The Morgan fingerprint density at radius 2 is 1.78 bits per heavy atom. The van der Waals surface area contributed by atoms with E-state index in [4.69, 9.17) is 14.0 Å². The standard InChI is InChI=1S/C34H44N8O8/c1-7-21(17-43)37-31(45)25-14-22(49-18-27-38-33(50-41-27)23-10-8-9-11-26(23)48-6)16-42(25)34(47)29(20(4)5)40-32(46)28(19(2)3)39-30(44)24-15-35-12-13-36-24/h8-13,15,17,19-22,25,28-29H,7,14,16,18H2,1-6H3,(H,37,45)(H,39,44)(H,40,46)/t21-,22+,25-,28-,29-/m0/s1. The Kier molecular flexibility index (Phi) is 13.1. The van der Waals surface area contributed by atoms with E-state index in [1.54, 1.807) is 46.8 Å². The van der Waals surface area contributed by atoms with E-state index in [0.29, 0.717) is 24.0 Å². The minimum Gasteiger partial charge on any atom is -0.496 e. The van der Waals surface area contributed by atoms with Crippen molar-refractivity contribution < 1.29 is 38.0 Å². The highest BCUT2D eigenvalue weighted by atomic mass is 16.5. The van der Waals surface area contributed by atoms with Crippen molar-refractivity contribution in [3.63, 3.8) is 0 Å². The van der Waals surface area contributed by atoms with Crippen LogP contribution in [0.25, 0.3) is 11.5 Å². The van der Waals surface area contributed by atoms with Gasteiger partial charge in [0.15, 0.2) is 5.82 Å². The molecule has 0 radical (unpaired) electrons. The molecule has 4 rings (SSSR count). The predicted molar refractivity (Wildman–Crippen MR) is 178 cm³/mol. The molecule has 1 aromatic carbocycles. The van der Waals surface area contributed by atoms with Crippen LogP contribution >= 0.6 is 0 Å². The van der Waals surface area contributed by atoms with Gasteiger partial charge in [0.1, 0.15) is 42.5 Å². The number of benzene rings is 1. The van der Waals surface area contributed by atoms with Crippen LogP contribution in [0.5, 0.6) is 5.75 Å². The Labute approximate surface area is 290 Å². The van der Waals surface area contributed by atoms with E-state index in [9.17, 15) is 24.0 Å². The molecule has 0 saturated carbocycles. The quantitative estimate of drug-likeness (QED) is 0.183. The first-order chi connectivity index (χ1) is 24.0. The summed E-state index contributed by atoms with van der Waals surface area (Å²) in [5.74, 6) is -1.90. The van der Waals surface area contributed by atoms with Crippen LogP contribution in [0.3, 0.4) is 0 Å². The third-order valence-electron chi connectivity index (χ3n) is 8.30. The molecule has 5 atom stereocenters. The van der Waals surface area contributed by atoms with Crippen molar-refractivity contribution in [3.05, 3.63) is 54.4 Å². The monoisotopic (exact) mass is 692 g/mol. The van der Waals surface area contributed by atoms with Gasteiger partial charge in [0.25, 0.3) is 11.8 Å². The fraction of sp³-hybridized carbons (Fsp3) is 0.500. The normalized spacial score (nSPS) is 17.6. The Morgan fingerprint density at radius 3 is 2.42 bits per heavy atom. The van der Waals surface area contributed by atoms with Crippen LogP contribution in [-0.4, -0.2) is 98.8 Å². The summed E-state index contributed by atoms with van der Waals surface area (Å²) in [6.07, 6.45) is 4.59. The lowest BCUT2D eigenvalue weighted by Gasteiger charge is -2.32. The predicted octanol–water partition coefficient (Wildman–Crippen LogP) is 1.71. The number of carbonyl (C=O) groups excluding carboxylic acids is 5. The van der Waals surface area contributed by atoms with Crippen molar-refractivity contribution in [3.8, 4) is 17.2 Å². The largest absolute Gasteiger partial charge is 0.496 e. The maximum atomic E-state index is 14.2. The van der Waals surface area contributed by atoms with Crippen molar-refractivity contribution in [2.45, 2.75) is 84.3 Å². The van der Waals surface area contributed by atoms with Gasteiger partial charge in [-0.25, -0.2) is 4.98 Å². The van der Waals surface area contributed by atoms with Crippen LogP contribution in [-0.2, 0) is 30.5 Å². The summed E-state index contributed by atoms with van der Waals surface area (Å²) < 4.78 is 16.9. The van der Waals surface area contributed by atoms with Crippen LogP contribution in [0.2, 0.25) is 0 Å². The molecular formula is C34H44N8O8. The molecule has 0 bridgehead atoms. The summed E-state index contributed by atoms with van der Waals surface area (Å²) in [7, 11) is 1.54. The molecule has 1 aliphatic rings. The fourth-order valence-corrected chi connectivity index (χ4v) is 5.46. The summed E-state index contributed by atoms with van der Waals surface area (Å²) in [6.45, 7) is 8.75. The van der Waals surface area contributed by atoms with E-state index in [2.05, 4.69) is 36.1 Å². The van der Waals surface area contributed by atoms with E-state index in [0.717, 1.165) is 0 Å². The number of rotatable bonds is 16. The number of likely N-dealkylation sites (tertiary alicyclic amines) is 1. The lowest BCUT2D eigenvalue weighted by Crippen LogP contribution is -2.59. The molecule has 50 heavy (non-hydrogen) atoms. The van der Waals surface area contributed by atoms with Crippen LogP contribution in [0.15, 0.2) is 47.4 Å². The number of hydrogen-bond donors (Lipinski definition) is 3. The summed E-state index contributed by atoms with van der Waals surface area (Å²) in [6, 6.07) is 3.39. The van der Waals surface area contributed by atoms with Gasteiger partial charge in [-0.2, -0.15) is 4.98 Å². The van der Waals surface area contributed by atoms with E-state index in [1.165, 1.54) is 30.6 Å². The van der Waals surface area contributed by atoms with Gasteiger partial charge in [-0.15, -0.1) is 0 Å². The minimum atomic E-state index is -1.06. The molecule has 268 valence electrons. The lowest BCUT2D eigenvalue weighted by molar-refractivity contribution is -0.143. The molecule has 16 heteroatoms. The number of aldehydes is 1. The molecule has 0 unspecified atom stereocenters. The third kappa shape index (κ3) is 9.25. The van der Waals surface area contributed by atoms with E-state index in [1.807, 2.05) is 12.1 Å². The first kappa shape index (κ1) is 37.6. The van der Waals surface area contributed by atoms with E-state index < -0.39 is 59.8 Å². The number of ether oxygens (including phenoxy) is 2. The van der Waals surface area contributed by atoms with Crippen molar-refractivity contribution in [1.29, 1.82) is 0 Å². The van der Waals surface area contributed by atoms with Gasteiger partial charge in [-0.1, -0.05) is 51.9 Å². The Balaban J connectivity index is 1.50. The molecule has 4 amide bonds. The minimum absolute atomic E-state index is 0.0160. The van der Waals surface area contributed by atoms with Gasteiger partial charge < -0.3 is 39.6 Å². The number of carbonyl (C=O) groups is 5. The van der Waals surface area contributed by atoms with Crippen molar-refractivity contribution in [2.24, 2.45) is 11.8 Å². The Morgan fingerprint density at radius 1 is 1.04 bits per heavy atom. The number of hydrogen-bond acceptors (Lipinski definition) is 12. The van der Waals surface area contributed by atoms with E-state index in [-0.39, 0.29) is 42.9 Å². The van der Waals surface area contributed by atoms with Gasteiger partial charge in [0.2, 0.25) is 17.7 Å². The van der Waals surface area contributed by atoms with Gasteiger partial charge >= 0.3 is 0 Å². The van der Waals surface area contributed by atoms with Crippen LogP contribution in [0.4, 0.5) is 0 Å². The first-order valence-corrected chi connectivity index (χ1v) is 16.5. The van der Waals surface area contributed by atoms with Crippen LogP contribution in [0, 0.1) is 11.8 Å². The molecular weight excluding hydrogens is 648 g/mol. The summed E-state index contributed by atoms with van der Waals surface area (Å²) >= 11 is 0. The average Bonchev–Trinajstić information content (AvgIpc) is 3.78. The number of amides is 4. The van der Waals surface area contributed by atoms with Crippen molar-refractivity contribution in [1.82, 2.24) is 41.0 Å². The smallest absolute Gasteiger partial charge is 0.272 e. The third-order valence-corrected chi connectivity index (χ3v) is 8.30. The maximum Gasteiger partial charge on any atom is 0.272 e. The molecule has 3 aromatic rings. The number of nitrogens with zero attached hydrogens (tertiary/aromatic N) is 5. The molecule has 2 aromatic heterocycles. The Hall–Kier alpha value is -5.25. The number of aromatic nitrogens is 4. The SMILES string of the molecule is CC[C@@H](C=O)NC(=O)[C@@H]1C[C@@H](OCc2noc(-c3ccccc3OC)n2)CN1C(=O)[C@@H](NC(=O)[C@@H](NC(=O)c1cnccn1)C(C)C)C(C)C. The number of methoxy groups -OCH3 is 1. The van der Waals surface area contributed by atoms with Gasteiger partial charge in [0.05, 0.1) is 31.0 Å². The average molecular weight is 693 g/mol. The second kappa shape index (κ2) is 17.4. The second-order valence-electron chi connectivity index (χ2n) is 12.6. The van der Waals surface area contributed by atoms with Gasteiger partial charge in [0, 0.05) is 25.4 Å². The first-order valence-electron chi connectivity index (χ1n) is 16.5. The zero-order valence-corrected chi connectivity index (χ0v) is 29.0. The summed E-state index contributed by atoms with van der Waals surface area (Å²) in [5, 5.41) is 12.2. The second-order valence-corrected chi connectivity index (χ2v) is 12.6. The van der Waals surface area contributed by atoms with Gasteiger partial charge in [-0.3, -0.25) is 24.2 Å². The van der Waals surface area contributed by atoms with Crippen LogP contribution in [0.1, 0.15) is 63.8 Å². The zero-order valence-electron chi connectivity index (χ0n) is 29.0. The van der Waals surface area contributed by atoms with Crippen molar-refractivity contribution >= 4 is 29.9 Å². The Bertz CT molecular complexity index is 1630. The number of para-hydroxylation sites is 1. The zero-order chi connectivity index (χ0) is 36.4. The molecule has 1 saturated heterocycles. The fourth-order valence-electron chi connectivity index (χ4n) is 5.46. The van der Waals surface area contributed by atoms with Crippen molar-refractivity contribution in [2.75, 3.05) is 13.7 Å². The molecule has 1 fully saturated rings. The number of nitrogens with one attached hydrogen (secondary N) is 3. The highest BCUT2D eigenvalue weighted by Crippen LogP contribution is 2.29. The lowest BCUT2D eigenvalue weighted by atomic mass is 9.98. The van der Waals surface area contributed by atoms with Gasteiger partial charge in [-0.05, 0) is 30.4 Å². The topological polar surface area (TPSA) is 208 Å². The summed E-state index contributed by atoms with van der Waals surface area (Å²) in [5.41, 5.74) is 0.649. The van der Waals surface area contributed by atoms with Crippen LogP contribution < -0.4 is 20.7 Å². The van der Waals surface area contributed by atoms with E-state index >= 15 is 0 Å². The molecule has 0 aliphatic carbocycles. The molecule has 16 nitrogen and oxygen atoms in total.